The first kappa shape index (κ1) is 13.3. The minimum absolute atomic E-state index is 0.0551. The van der Waals surface area contributed by atoms with Crippen LogP contribution in [0.15, 0.2) is 12.3 Å². The molecule has 1 aromatic rings. The number of hydrogen-bond acceptors (Lipinski definition) is 3. The molecule has 0 spiro atoms. The largest absolute Gasteiger partial charge is 0.397 e. The summed E-state index contributed by atoms with van der Waals surface area (Å²) in [4.78, 5) is 27.6. The number of nitrogens with zero attached hydrogens (tertiary/aromatic N) is 1. The van der Waals surface area contributed by atoms with Gasteiger partial charge in [0.05, 0.1) is 0 Å². The molecule has 2 rings (SSSR count). The predicted octanol–water partition coefficient (Wildman–Crippen LogP) is 0.117. The Morgan fingerprint density at radius 3 is 2.95 bits per heavy atom. The van der Waals surface area contributed by atoms with E-state index in [0.717, 1.165) is 19.4 Å². The molecule has 7 heteroatoms. The van der Waals surface area contributed by atoms with Crippen molar-refractivity contribution in [2.75, 3.05) is 25.4 Å². The van der Waals surface area contributed by atoms with E-state index in [-0.39, 0.29) is 11.8 Å². The van der Waals surface area contributed by atoms with Gasteiger partial charge in [0.15, 0.2) is 0 Å². The molecular weight excluding hydrogens is 246 g/mol. The number of primary amides is 1. The second kappa shape index (κ2) is 5.64. The Labute approximate surface area is 111 Å². The lowest BCUT2D eigenvalue weighted by Gasteiger charge is -2.32. The Morgan fingerprint density at radius 1 is 1.53 bits per heavy atom. The lowest BCUT2D eigenvalue weighted by Crippen LogP contribution is -2.44. The summed E-state index contributed by atoms with van der Waals surface area (Å²) >= 11 is 0. The van der Waals surface area contributed by atoms with Crippen LogP contribution in [0.5, 0.6) is 0 Å². The van der Waals surface area contributed by atoms with Gasteiger partial charge in [0.25, 0.3) is 5.91 Å². The molecule has 0 aromatic carbocycles. The van der Waals surface area contributed by atoms with Crippen molar-refractivity contribution in [3.63, 3.8) is 0 Å². The van der Waals surface area contributed by atoms with Crippen molar-refractivity contribution in [2.24, 2.45) is 11.7 Å². The molecule has 1 atom stereocenters. The van der Waals surface area contributed by atoms with Crippen LogP contribution < -0.4 is 16.8 Å². The van der Waals surface area contributed by atoms with Crippen molar-refractivity contribution in [1.82, 2.24) is 15.2 Å². The van der Waals surface area contributed by atoms with Crippen LogP contribution >= 0.6 is 0 Å². The third-order valence-corrected chi connectivity index (χ3v) is 3.31. The lowest BCUT2D eigenvalue weighted by molar-refractivity contribution is 0.0670. The molecular formula is C12H19N5O2. The van der Waals surface area contributed by atoms with Crippen molar-refractivity contribution in [3.05, 3.63) is 18.0 Å². The quantitative estimate of drug-likeness (QED) is 0.621. The number of piperidine rings is 1. The Bertz CT molecular complexity index is 470. The number of amides is 3. The van der Waals surface area contributed by atoms with Crippen molar-refractivity contribution in [2.45, 2.75) is 12.8 Å². The maximum atomic E-state index is 12.2. The van der Waals surface area contributed by atoms with Crippen LogP contribution in [-0.4, -0.2) is 41.5 Å². The van der Waals surface area contributed by atoms with E-state index in [2.05, 4.69) is 10.3 Å². The van der Waals surface area contributed by atoms with Gasteiger partial charge in [-0.25, -0.2) is 4.79 Å². The van der Waals surface area contributed by atoms with Crippen molar-refractivity contribution in [3.8, 4) is 0 Å². The molecule has 19 heavy (non-hydrogen) atoms. The van der Waals surface area contributed by atoms with Gasteiger partial charge >= 0.3 is 6.03 Å². The van der Waals surface area contributed by atoms with E-state index in [4.69, 9.17) is 11.5 Å². The number of carbonyl (C=O) groups excluding carboxylic acids is 2. The van der Waals surface area contributed by atoms with Crippen molar-refractivity contribution < 1.29 is 9.59 Å². The number of nitrogens with one attached hydrogen (secondary N) is 2. The number of likely N-dealkylation sites (tertiary alicyclic amines) is 1. The first-order chi connectivity index (χ1) is 9.06. The van der Waals surface area contributed by atoms with E-state index in [1.165, 1.54) is 0 Å². The summed E-state index contributed by atoms with van der Waals surface area (Å²) in [6, 6.07) is 1.11. The van der Waals surface area contributed by atoms with Gasteiger partial charge < -0.3 is 26.7 Å². The summed E-state index contributed by atoms with van der Waals surface area (Å²) in [6.07, 6.45) is 3.51. The lowest BCUT2D eigenvalue weighted by atomic mass is 9.98. The van der Waals surface area contributed by atoms with Gasteiger partial charge in [0.2, 0.25) is 0 Å². The zero-order valence-electron chi connectivity index (χ0n) is 10.7. The standard InChI is InChI=1S/C12H19N5O2/c13-9-4-10(15-6-9)11(18)17-3-1-2-8(7-17)5-16-12(14)19/h4,6,8,15H,1-3,5,7,13H2,(H3,14,16,19). The SMILES string of the molecule is NC(=O)NCC1CCCN(C(=O)c2cc(N)c[nH]2)C1. The van der Waals surface area contributed by atoms with Crippen LogP contribution in [0.1, 0.15) is 23.3 Å². The van der Waals surface area contributed by atoms with Crippen LogP contribution in [0, 0.1) is 5.92 Å². The molecule has 3 amide bonds. The summed E-state index contributed by atoms with van der Waals surface area (Å²) in [6.45, 7) is 1.86. The molecule has 1 aliphatic rings. The molecule has 6 N–H and O–H groups in total. The molecule has 1 saturated heterocycles. The third kappa shape index (κ3) is 3.40. The van der Waals surface area contributed by atoms with Crippen molar-refractivity contribution in [1.29, 1.82) is 0 Å². The zero-order chi connectivity index (χ0) is 13.8. The second-order valence-corrected chi connectivity index (χ2v) is 4.85. The molecule has 7 nitrogen and oxygen atoms in total. The molecule has 1 aromatic heterocycles. The monoisotopic (exact) mass is 265 g/mol. The van der Waals surface area contributed by atoms with Crippen LogP contribution in [0.2, 0.25) is 0 Å². The number of hydrogen-bond donors (Lipinski definition) is 4. The number of rotatable bonds is 3. The minimum Gasteiger partial charge on any atom is -0.397 e. The molecule has 2 heterocycles. The van der Waals surface area contributed by atoms with Gasteiger partial charge in [-0.1, -0.05) is 0 Å². The second-order valence-electron chi connectivity index (χ2n) is 4.85. The maximum absolute atomic E-state index is 12.2. The minimum atomic E-state index is -0.527. The fraction of sp³-hybridized carbons (Fsp3) is 0.500. The fourth-order valence-corrected chi connectivity index (χ4v) is 2.37. The molecule has 104 valence electrons. The number of aromatic nitrogens is 1. The van der Waals surface area contributed by atoms with Gasteiger partial charge in [0, 0.05) is 31.5 Å². The molecule has 0 aliphatic carbocycles. The topological polar surface area (TPSA) is 117 Å². The van der Waals surface area contributed by atoms with Crippen LogP contribution in [-0.2, 0) is 0 Å². The summed E-state index contributed by atoms with van der Waals surface area (Å²) in [5.41, 5.74) is 11.7. The highest BCUT2D eigenvalue weighted by atomic mass is 16.2. The van der Waals surface area contributed by atoms with Gasteiger partial charge in [-0.15, -0.1) is 0 Å². The van der Waals surface area contributed by atoms with Crippen molar-refractivity contribution >= 4 is 17.6 Å². The van der Waals surface area contributed by atoms with Crippen LogP contribution in [0.4, 0.5) is 10.5 Å². The Balaban J connectivity index is 1.93. The van der Waals surface area contributed by atoms with E-state index < -0.39 is 6.03 Å². The maximum Gasteiger partial charge on any atom is 0.312 e. The third-order valence-electron chi connectivity index (χ3n) is 3.31. The summed E-state index contributed by atoms with van der Waals surface area (Å²) in [5, 5.41) is 2.59. The molecule has 1 fully saturated rings. The van der Waals surface area contributed by atoms with Crippen LogP contribution in [0.25, 0.3) is 0 Å². The summed E-state index contributed by atoms with van der Waals surface area (Å²) < 4.78 is 0. The van der Waals surface area contributed by atoms with Gasteiger partial charge in [-0.2, -0.15) is 0 Å². The highest BCUT2D eigenvalue weighted by molar-refractivity contribution is 5.93. The average Bonchev–Trinajstić information content (AvgIpc) is 2.82. The van der Waals surface area contributed by atoms with Gasteiger partial charge in [-0.3, -0.25) is 4.79 Å². The molecule has 1 unspecified atom stereocenters. The van der Waals surface area contributed by atoms with E-state index in [1.54, 1.807) is 17.2 Å². The number of urea groups is 1. The Hall–Kier alpha value is -2.18. The smallest absolute Gasteiger partial charge is 0.312 e. The number of aromatic amines is 1. The average molecular weight is 265 g/mol. The first-order valence-corrected chi connectivity index (χ1v) is 6.32. The molecule has 1 aliphatic heterocycles. The number of nitrogens with two attached hydrogens (primary N) is 2. The van der Waals surface area contributed by atoms with E-state index in [1.807, 2.05) is 0 Å². The van der Waals surface area contributed by atoms with Gasteiger partial charge in [-0.05, 0) is 24.8 Å². The van der Waals surface area contributed by atoms with E-state index in [0.29, 0.717) is 24.5 Å². The Morgan fingerprint density at radius 2 is 2.32 bits per heavy atom. The number of nitrogen functional groups attached to an aromatic ring is 1. The first-order valence-electron chi connectivity index (χ1n) is 6.32. The highest BCUT2D eigenvalue weighted by Gasteiger charge is 2.25. The molecule has 0 bridgehead atoms. The summed E-state index contributed by atoms with van der Waals surface area (Å²) in [7, 11) is 0. The molecule has 0 radical (unpaired) electrons. The number of carbonyl (C=O) groups is 2. The van der Waals surface area contributed by atoms with Gasteiger partial charge in [0.1, 0.15) is 5.69 Å². The number of H-pyrrole nitrogens is 1. The Kier molecular flexibility index (Phi) is 3.94. The van der Waals surface area contributed by atoms with E-state index >= 15 is 0 Å². The number of anilines is 1. The fourth-order valence-electron chi connectivity index (χ4n) is 2.37. The molecule has 0 saturated carbocycles. The zero-order valence-corrected chi connectivity index (χ0v) is 10.7. The highest BCUT2D eigenvalue weighted by Crippen LogP contribution is 2.18. The van der Waals surface area contributed by atoms with E-state index in [9.17, 15) is 9.59 Å². The van der Waals surface area contributed by atoms with Crippen LogP contribution in [0.3, 0.4) is 0 Å². The predicted molar refractivity (Wildman–Crippen MR) is 71.4 cm³/mol. The summed E-state index contributed by atoms with van der Waals surface area (Å²) in [5.74, 6) is 0.193. The normalized spacial score (nSPS) is 19.2.